The molecule has 10 heteroatoms. The van der Waals surface area contributed by atoms with Crippen LogP contribution in [0.5, 0.6) is 0 Å². The zero-order chi connectivity index (χ0) is 23.9. The maximum atomic E-state index is 12.9. The van der Waals surface area contributed by atoms with E-state index in [2.05, 4.69) is 26.6 Å². The SMILES string of the molecule is O=C(Cn1nc2c(-c3nc(-c4cccc(Cl)c4)no3)cccn2c1=O)N[C@@H]1CCc2ccccc21. The number of hydrogen-bond donors (Lipinski definition) is 1. The van der Waals surface area contributed by atoms with Crippen molar-refractivity contribution in [2.24, 2.45) is 0 Å². The number of nitrogens with zero attached hydrogens (tertiary/aromatic N) is 5. The minimum Gasteiger partial charge on any atom is -0.348 e. The van der Waals surface area contributed by atoms with E-state index < -0.39 is 5.69 Å². The van der Waals surface area contributed by atoms with Gasteiger partial charge in [-0.1, -0.05) is 53.2 Å². The molecule has 0 saturated heterocycles. The van der Waals surface area contributed by atoms with Crippen LogP contribution < -0.4 is 11.0 Å². The van der Waals surface area contributed by atoms with Crippen LogP contribution in [0, 0.1) is 0 Å². The van der Waals surface area contributed by atoms with E-state index in [1.807, 2.05) is 24.3 Å². The number of benzene rings is 2. The molecule has 2 aromatic carbocycles. The van der Waals surface area contributed by atoms with Crippen LogP contribution in [-0.4, -0.2) is 30.2 Å². The molecule has 174 valence electrons. The first-order chi connectivity index (χ1) is 17.1. The molecule has 3 heterocycles. The van der Waals surface area contributed by atoms with Gasteiger partial charge in [-0.05, 0) is 48.2 Å². The Morgan fingerprint density at radius 1 is 1.14 bits per heavy atom. The number of amides is 1. The van der Waals surface area contributed by atoms with Crippen molar-refractivity contribution in [3.8, 4) is 22.8 Å². The summed E-state index contributed by atoms with van der Waals surface area (Å²) in [5, 5.41) is 12.0. The van der Waals surface area contributed by atoms with Gasteiger partial charge in [-0.2, -0.15) is 4.98 Å². The average molecular weight is 487 g/mol. The van der Waals surface area contributed by atoms with E-state index in [1.54, 1.807) is 36.5 Å². The first-order valence-corrected chi connectivity index (χ1v) is 11.5. The smallest absolute Gasteiger partial charge is 0.348 e. The monoisotopic (exact) mass is 486 g/mol. The fraction of sp³-hybridized carbons (Fsp3) is 0.160. The lowest BCUT2D eigenvalue weighted by Crippen LogP contribution is -2.34. The Kier molecular flexibility index (Phi) is 5.18. The zero-order valence-electron chi connectivity index (χ0n) is 18.4. The van der Waals surface area contributed by atoms with E-state index in [9.17, 15) is 9.59 Å². The minimum absolute atomic E-state index is 0.0645. The van der Waals surface area contributed by atoms with E-state index >= 15 is 0 Å². The van der Waals surface area contributed by atoms with Gasteiger partial charge in [-0.15, -0.1) is 5.10 Å². The second-order valence-electron chi connectivity index (χ2n) is 8.35. The number of pyridine rings is 1. The standard InChI is InChI=1S/C25H19ClN6O3/c26-17-7-3-6-16(13-17)22-28-24(35-30-22)19-9-4-12-31-23(19)29-32(25(31)34)14-21(33)27-20-11-10-15-5-1-2-8-18(15)20/h1-9,12-13,20H,10-11,14H2,(H,27,33)/t20-/m1/s1. The summed E-state index contributed by atoms with van der Waals surface area (Å²) in [6, 6.07) is 18.5. The second-order valence-corrected chi connectivity index (χ2v) is 8.78. The zero-order valence-corrected chi connectivity index (χ0v) is 19.1. The van der Waals surface area contributed by atoms with Crippen molar-refractivity contribution < 1.29 is 9.32 Å². The van der Waals surface area contributed by atoms with Gasteiger partial charge in [0.15, 0.2) is 5.65 Å². The van der Waals surface area contributed by atoms with E-state index in [0.717, 1.165) is 23.1 Å². The summed E-state index contributed by atoms with van der Waals surface area (Å²) < 4.78 is 7.96. The lowest BCUT2D eigenvalue weighted by Gasteiger charge is -2.13. The predicted octanol–water partition coefficient (Wildman–Crippen LogP) is 3.67. The molecule has 0 saturated carbocycles. The largest absolute Gasteiger partial charge is 0.350 e. The van der Waals surface area contributed by atoms with Gasteiger partial charge >= 0.3 is 5.69 Å². The number of hydrogen-bond acceptors (Lipinski definition) is 6. The summed E-state index contributed by atoms with van der Waals surface area (Å²) in [5.41, 5.74) is 3.43. The Bertz CT molecular complexity index is 1640. The summed E-state index contributed by atoms with van der Waals surface area (Å²) >= 11 is 6.07. The first kappa shape index (κ1) is 21.3. The van der Waals surface area contributed by atoms with Crippen LogP contribution in [0.15, 0.2) is 76.2 Å². The quantitative estimate of drug-likeness (QED) is 0.406. The van der Waals surface area contributed by atoms with Crippen LogP contribution in [0.25, 0.3) is 28.5 Å². The summed E-state index contributed by atoms with van der Waals surface area (Å²) in [5.74, 6) is 0.289. The summed E-state index contributed by atoms with van der Waals surface area (Å²) in [4.78, 5) is 30.2. The number of fused-ring (bicyclic) bond motifs is 2. The molecule has 0 aliphatic heterocycles. The number of aromatic nitrogens is 5. The van der Waals surface area contributed by atoms with Crippen LogP contribution in [0.1, 0.15) is 23.6 Å². The highest BCUT2D eigenvalue weighted by Gasteiger charge is 2.24. The Hall–Kier alpha value is -4.24. The van der Waals surface area contributed by atoms with E-state index in [-0.39, 0.29) is 24.4 Å². The summed E-state index contributed by atoms with van der Waals surface area (Å²) in [6.45, 7) is -0.198. The van der Waals surface area contributed by atoms with Gasteiger partial charge in [-0.25, -0.2) is 13.9 Å². The third-order valence-electron chi connectivity index (χ3n) is 6.11. The van der Waals surface area contributed by atoms with Crippen LogP contribution in [0.2, 0.25) is 5.02 Å². The lowest BCUT2D eigenvalue weighted by atomic mass is 10.1. The third kappa shape index (κ3) is 3.89. The van der Waals surface area contributed by atoms with Crippen LogP contribution in [0.4, 0.5) is 0 Å². The Labute approximate surface area is 204 Å². The molecular formula is C25H19ClN6O3. The number of aryl methyl sites for hydroxylation is 1. The van der Waals surface area contributed by atoms with Gasteiger partial charge in [0.1, 0.15) is 6.54 Å². The molecule has 35 heavy (non-hydrogen) atoms. The molecule has 0 radical (unpaired) electrons. The molecule has 0 bridgehead atoms. The van der Waals surface area contributed by atoms with Crippen molar-refractivity contribution in [3.05, 3.63) is 93.5 Å². The fourth-order valence-electron chi connectivity index (χ4n) is 4.47. The maximum absolute atomic E-state index is 12.9. The molecular weight excluding hydrogens is 468 g/mol. The molecule has 3 aromatic heterocycles. The van der Waals surface area contributed by atoms with Gasteiger partial charge in [0.05, 0.1) is 11.6 Å². The normalized spacial score (nSPS) is 14.8. The van der Waals surface area contributed by atoms with Crippen molar-refractivity contribution in [1.29, 1.82) is 0 Å². The molecule has 5 aromatic rings. The Morgan fingerprint density at radius 3 is 2.91 bits per heavy atom. The predicted molar refractivity (Wildman–Crippen MR) is 129 cm³/mol. The van der Waals surface area contributed by atoms with E-state index in [0.29, 0.717) is 27.6 Å². The van der Waals surface area contributed by atoms with Gasteiger partial charge in [0.25, 0.3) is 5.89 Å². The molecule has 1 aliphatic carbocycles. The maximum Gasteiger partial charge on any atom is 0.350 e. The Balaban J connectivity index is 1.28. The molecule has 1 amide bonds. The van der Waals surface area contributed by atoms with Gasteiger partial charge in [0, 0.05) is 16.8 Å². The van der Waals surface area contributed by atoms with Gasteiger partial charge < -0.3 is 9.84 Å². The molecule has 6 rings (SSSR count). The fourth-order valence-corrected chi connectivity index (χ4v) is 4.66. The molecule has 1 atom stereocenters. The third-order valence-corrected chi connectivity index (χ3v) is 6.35. The molecule has 1 N–H and O–H groups in total. The highest BCUT2D eigenvalue weighted by atomic mass is 35.5. The molecule has 1 aliphatic rings. The molecule has 0 spiro atoms. The molecule has 0 fully saturated rings. The van der Waals surface area contributed by atoms with Crippen LogP contribution >= 0.6 is 11.6 Å². The molecule has 9 nitrogen and oxygen atoms in total. The van der Waals surface area contributed by atoms with Crippen molar-refractivity contribution >= 4 is 23.2 Å². The topological polar surface area (TPSA) is 107 Å². The Morgan fingerprint density at radius 2 is 2.03 bits per heavy atom. The number of carbonyl (C=O) groups is 1. The van der Waals surface area contributed by atoms with E-state index in [4.69, 9.17) is 16.1 Å². The van der Waals surface area contributed by atoms with E-state index in [1.165, 1.54) is 9.96 Å². The summed E-state index contributed by atoms with van der Waals surface area (Å²) in [7, 11) is 0. The van der Waals surface area contributed by atoms with Crippen molar-refractivity contribution in [3.63, 3.8) is 0 Å². The van der Waals surface area contributed by atoms with Gasteiger partial charge in [-0.3, -0.25) is 4.79 Å². The minimum atomic E-state index is -0.432. The second kappa shape index (κ2) is 8.52. The average Bonchev–Trinajstić information content (AvgIpc) is 3.58. The van der Waals surface area contributed by atoms with Crippen molar-refractivity contribution in [2.75, 3.05) is 0 Å². The highest BCUT2D eigenvalue weighted by molar-refractivity contribution is 6.30. The lowest BCUT2D eigenvalue weighted by molar-refractivity contribution is -0.122. The van der Waals surface area contributed by atoms with Crippen molar-refractivity contribution in [2.45, 2.75) is 25.4 Å². The number of halogens is 1. The number of carbonyl (C=O) groups excluding carboxylic acids is 1. The first-order valence-electron chi connectivity index (χ1n) is 11.1. The summed E-state index contributed by atoms with van der Waals surface area (Å²) in [6.07, 6.45) is 3.34. The van der Waals surface area contributed by atoms with Crippen LogP contribution in [0.3, 0.4) is 0 Å². The number of nitrogens with one attached hydrogen (secondary N) is 1. The number of rotatable bonds is 5. The van der Waals surface area contributed by atoms with Gasteiger partial charge in [0.2, 0.25) is 11.7 Å². The molecule has 0 unspecified atom stereocenters. The highest BCUT2D eigenvalue weighted by Crippen LogP contribution is 2.30. The van der Waals surface area contributed by atoms with Crippen LogP contribution in [-0.2, 0) is 17.8 Å². The van der Waals surface area contributed by atoms with Crippen molar-refractivity contribution in [1.82, 2.24) is 29.6 Å².